The number of hydrogen-bond donors (Lipinski definition) is 1. The molecule has 1 saturated carbocycles. The molecule has 20 heavy (non-hydrogen) atoms. The van der Waals surface area contributed by atoms with E-state index in [1.54, 1.807) is 0 Å². The van der Waals surface area contributed by atoms with Crippen molar-refractivity contribution in [2.24, 2.45) is 11.3 Å². The predicted octanol–water partition coefficient (Wildman–Crippen LogP) is 3.19. The van der Waals surface area contributed by atoms with E-state index in [4.69, 9.17) is 0 Å². The average molecular weight is 280 g/mol. The first kappa shape index (κ1) is 15.8. The number of carbonyl (C=O) groups excluding carboxylic acids is 1. The number of rotatable bonds is 4. The molecule has 2 rings (SSSR count). The lowest BCUT2D eigenvalue weighted by molar-refractivity contribution is -0.145. The molecule has 1 atom stereocenters. The van der Waals surface area contributed by atoms with Gasteiger partial charge in [-0.05, 0) is 38.1 Å². The van der Waals surface area contributed by atoms with Crippen molar-refractivity contribution < 1.29 is 4.79 Å². The van der Waals surface area contributed by atoms with E-state index in [1.807, 2.05) is 0 Å². The topological polar surface area (TPSA) is 32.3 Å². The van der Waals surface area contributed by atoms with Crippen molar-refractivity contribution in [3.63, 3.8) is 0 Å². The van der Waals surface area contributed by atoms with Gasteiger partial charge in [0.15, 0.2) is 0 Å². The number of piperidine rings is 1. The molecule has 0 aromatic heterocycles. The van der Waals surface area contributed by atoms with E-state index >= 15 is 0 Å². The van der Waals surface area contributed by atoms with E-state index in [0.717, 1.165) is 32.5 Å². The molecule has 2 aliphatic rings. The number of hydrogen-bond acceptors (Lipinski definition) is 2. The van der Waals surface area contributed by atoms with Crippen molar-refractivity contribution >= 4 is 5.91 Å². The second-order valence-electron chi connectivity index (χ2n) is 7.44. The lowest BCUT2D eigenvalue weighted by Crippen LogP contribution is -2.49. The normalized spacial score (nSPS) is 26.8. The van der Waals surface area contributed by atoms with Gasteiger partial charge in [0.05, 0.1) is 0 Å². The monoisotopic (exact) mass is 280 g/mol. The molecule has 116 valence electrons. The Hall–Kier alpha value is -0.570. The number of nitrogens with one attached hydrogen (secondary N) is 1. The van der Waals surface area contributed by atoms with Gasteiger partial charge in [0.2, 0.25) is 5.91 Å². The van der Waals surface area contributed by atoms with Crippen molar-refractivity contribution in [2.45, 2.75) is 71.8 Å². The Bertz CT molecular complexity index is 321. The van der Waals surface area contributed by atoms with Crippen LogP contribution in [0.2, 0.25) is 0 Å². The van der Waals surface area contributed by atoms with Crippen LogP contribution in [0.15, 0.2) is 0 Å². The van der Waals surface area contributed by atoms with E-state index in [-0.39, 0.29) is 5.41 Å². The maximum Gasteiger partial charge on any atom is 0.228 e. The summed E-state index contributed by atoms with van der Waals surface area (Å²) in [6.45, 7) is 9.58. The molecule has 2 fully saturated rings. The molecule has 1 aliphatic carbocycles. The summed E-state index contributed by atoms with van der Waals surface area (Å²) in [6, 6.07) is 0.539. The maximum atomic E-state index is 12.9. The Morgan fingerprint density at radius 1 is 1.25 bits per heavy atom. The van der Waals surface area contributed by atoms with Crippen molar-refractivity contribution in [3.8, 4) is 0 Å². The number of nitrogens with zero attached hydrogens (tertiary/aromatic N) is 1. The zero-order valence-corrected chi connectivity index (χ0v) is 13.6. The number of amides is 1. The molecule has 0 radical (unpaired) electrons. The summed E-state index contributed by atoms with van der Waals surface area (Å²) < 4.78 is 0. The number of likely N-dealkylation sites (tertiary alicyclic amines) is 1. The molecule has 1 amide bonds. The highest BCUT2D eigenvalue weighted by atomic mass is 16.2. The quantitative estimate of drug-likeness (QED) is 0.857. The Morgan fingerprint density at radius 3 is 2.60 bits per heavy atom. The van der Waals surface area contributed by atoms with E-state index in [2.05, 4.69) is 31.0 Å². The molecule has 1 saturated heterocycles. The molecule has 0 bridgehead atoms. The van der Waals surface area contributed by atoms with E-state index in [1.165, 1.54) is 32.1 Å². The zero-order valence-electron chi connectivity index (χ0n) is 13.6. The fourth-order valence-electron chi connectivity index (χ4n) is 3.75. The molecule has 1 heterocycles. The summed E-state index contributed by atoms with van der Waals surface area (Å²) in [7, 11) is 0. The van der Waals surface area contributed by atoms with Crippen LogP contribution in [0.4, 0.5) is 0 Å². The molecule has 0 aromatic carbocycles. The first-order valence-electron chi connectivity index (χ1n) is 8.54. The molecule has 3 nitrogen and oxygen atoms in total. The van der Waals surface area contributed by atoms with Gasteiger partial charge in [0.1, 0.15) is 0 Å². The summed E-state index contributed by atoms with van der Waals surface area (Å²) in [6.07, 6.45) is 8.40. The van der Waals surface area contributed by atoms with Gasteiger partial charge in [0, 0.05) is 24.5 Å². The summed E-state index contributed by atoms with van der Waals surface area (Å²) in [5.41, 5.74) is -0.0639. The van der Waals surface area contributed by atoms with Crippen LogP contribution in [0.25, 0.3) is 0 Å². The standard InChI is InChI=1S/C17H32N2O/c1-14(2)18-12-15-8-7-11-19(13-15)16(20)17(3)9-5-4-6-10-17/h14-15,18H,4-13H2,1-3H3. The van der Waals surface area contributed by atoms with Gasteiger partial charge in [-0.3, -0.25) is 4.79 Å². The van der Waals surface area contributed by atoms with E-state index < -0.39 is 0 Å². The van der Waals surface area contributed by atoms with Crippen LogP contribution >= 0.6 is 0 Å². The zero-order chi connectivity index (χ0) is 14.6. The van der Waals surface area contributed by atoms with Crippen molar-refractivity contribution in [2.75, 3.05) is 19.6 Å². The van der Waals surface area contributed by atoms with Crippen molar-refractivity contribution in [1.82, 2.24) is 10.2 Å². The molecule has 1 unspecified atom stereocenters. The third-order valence-electron chi connectivity index (χ3n) is 5.09. The summed E-state index contributed by atoms with van der Waals surface area (Å²) >= 11 is 0. The van der Waals surface area contributed by atoms with Gasteiger partial charge in [-0.15, -0.1) is 0 Å². The van der Waals surface area contributed by atoms with E-state index in [0.29, 0.717) is 17.9 Å². The minimum atomic E-state index is -0.0639. The lowest BCUT2D eigenvalue weighted by atomic mass is 9.74. The predicted molar refractivity (Wildman–Crippen MR) is 83.6 cm³/mol. The fourth-order valence-corrected chi connectivity index (χ4v) is 3.75. The Labute approximate surface area is 124 Å². The summed E-state index contributed by atoms with van der Waals surface area (Å²) in [5.74, 6) is 1.08. The average Bonchev–Trinajstić information content (AvgIpc) is 2.45. The highest BCUT2D eigenvalue weighted by molar-refractivity contribution is 5.82. The first-order chi connectivity index (χ1) is 9.51. The lowest BCUT2D eigenvalue weighted by Gasteiger charge is -2.41. The maximum absolute atomic E-state index is 12.9. The van der Waals surface area contributed by atoms with Crippen LogP contribution in [-0.2, 0) is 4.79 Å². The summed E-state index contributed by atoms with van der Waals surface area (Å²) in [5, 5.41) is 3.53. The van der Waals surface area contributed by atoms with Crippen LogP contribution in [0.3, 0.4) is 0 Å². The van der Waals surface area contributed by atoms with Crippen molar-refractivity contribution in [3.05, 3.63) is 0 Å². The molecule has 0 spiro atoms. The minimum Gasteiger partial charge on any atom is -0.342 e. The number of carbonyl (C=O) groups is 1. The van der Waals surface area contributed by atoms with Crippen LogP contribution in [-0.4, -0.2) is 36.5 Å². The summed E-state index contributed by atoms with van der Waals surface area (Å²) in [4.78, 5) is 15.0. The third kappa shape index (κ3) is 3.97. The molecule has 1 N–H and O–H groups in total. The van der Waals surface area contributed by atoms with E-state index in [9.17, 15) is 4.79 Å². The van der Waals surface area contributed by atoms with Crippen LogP contribution in [0, 0.1) is 11.3 Å². The minimum absolute atomic E-state index is 0.0639. The Morgan fingerprint density at radius 2 is 1.95 bits per heavy atom. The smallest absolute Gasteiger partial charge is 0.228 e. The SMILES string of the molecule is CC(C)NCC1CCCN(C(=O)C2(C)CCCCC2)C1. The van der Waals surface area contributed by atoms with Crippen molar-refractivity contribution in [1.29, 1.82) is 0 Å². The third-order valence-corrected chi connectivity index (χ3v) is 5.09. The first-order valence-corrected chi connectivity index (χ1v) is 8.54. The highest BCUT2D eigenvalue weighted by Gasteiger charge is 2.38. The van der Waals surface area contributed by atoms with Gasteiger partial charge in [-0.1, -0.05) is 40.0 Å². The van der Waals surface area contributed by atoms with Crippen LogP contribution < -0.4 is 5.32 Å². The molecular weight excluding hydrogens is 248 g/mol. The molecular formula is C17H32N2O. The molecule has 1 aliphatic heterocycles. The fraction of sp³-hybridized carbons (Fsp3) is 0.941. The molecule has 3 heteroatoms. The Kier molecular flexibility index (Phi) is 5.48. The van der Waals surface area contributed by atoms with Gasteiger partial charge in [-0.25, -0.2) is 0 Å². The van der Waals surface area contributed by atoms with Gasteiger partial charge >= 0.3 is 0 Å². The Balaban J connectivity index is 1.89. The second kappa shape index (κ2) is 6.93. The largest absolute Gasteiger partial charge is 0.342 e. The van der Waals surface area contributed by atoms with Gasteiger partial charge in [0.25, 0.3) is 0 Å². The molecule has 0 aromatic rings. The second-order valence-corrected chi connectivity index (χ2v) is 7.44. The van der Waals surface area contributed by atoms with Crippen LogP contribution in [0.1, 0.15) is 65.7 Å². The van der Waals surface area contributed by atoms with Crippen LogP contribution in [0.5, 0.6) is 0 Å². The van der Waals surface area contributed by atoms with Gasteiger partial charge in [-0.2, -0.15) is 0 Å². The highest BCUT2D eigenvalue weighted by Crippen LogP contribution is 2.38. The van der Waals surface area contributed by atoms with Gasteiger partial charge < -0.3 is 10.2 Å².